The fourth-order valence-electron chi connectivity index (χ4n) is 2.91. The predicted molar refractivity (Wildman–Crippen MR) is 78.5 cm³/mol. The Hall–Kier alpha value is -1.40. The number of rotatable bonds is 5. The van der Waals surface area contributed by atoms with E-state index in [4.69, 9.17) is 4.74 Å². The fraction of sp³-hybridized carbons (Fsp3) is 0.733. The third-order valence-corrected chi connectivity index (χ3v) is 4.30. The highest BCUT2D eigenvalue weighted by Gasteiger charge is 2.41. The SMILES string of the molecule is CCn1nccc1CN(C)C(=O)C(C)(O)C1CCOCC1. The van der Waals surface area contributed by atoms with Crippen LogP contribution in [-0.2, 0) is 22.6 Å². The molecule has 6 nitrogen and oxygen atoms in total. The normalized spacial score (nSPS) is 19.2. The molecule has 1 amide bonds. The minimum absolute atomic E-state index is 0.0442. The molecule has 1 N–H and O–H groups in total. The number of carbonyl (C=O) groups excluding carboxylic acids is 1. The number of aryl methyl sites for hydroxylation is 1. The van der Waals surface area contributed by atoms with Crippen LogP contribution in [0, 0.1) is 5.92 Å². The van der Waals surface area contributed by atoms with Gasteiger partial charge < -0.3 is 14.7 Å². The van der Waals surface area contributed by atoms with E-state index in [1.54, 1.807) is 25.1 Å². The van der Waals surface area contributed by atoms with Crippen molar-refractivity contribution in [3.8, 4) is 0 Å². The molecule has 1 aliphatic heterocycles. The highest BCUT2D eigenvalue weighted by Crippen LogP contribution is 2.29. The molecule has 1 unspecified atom stereocenters. The summed E-state index contributed by atoms with van der Waals surface area (Å²) in [5, 5.41) is 14.9. The lowest BCUT2D eigenvalue weighted by atomic mass is 9.82. The third-order valence-electron chi connectivity index (χ3n) is 4.30. The highest BCUT2D eigenvalue weighted by molar-refractivity contribution is 5.84. The predicted octanol–water partition coefficient (Wildman–Crippen LogP) is 1.04. The van der Waals surface area contributed by atoms with Crippen LogP contribution < -0.4 is 0 Å². The van der Waals surface area contributed by atoms with E-state index in [2.05, 4.69) is 5.10 Å². The summed E-state index contributed by atoms with van der Waals surface area (Å²) in [6, 6.07) is 1.90. The van der Waals surface area contributed by atoms with Gasteiger partial charge in [-0.1, -0.05) is 0 Å². The minimum Gasteiger partial charge on any atom is -0.381 e. The first-order chi connectivity index (χ1) is 9.96. The lowest BCUT2D eigenvalue weighted by Gasteiger charge is -2.36. The molecule has 0 spiro atoms. The maximum absolute atomic E-state index is 12.6. The van der Waals surface area contributed by atoms with E-state index in [1.807, 2.05) is 17.7 Å². The Morgan fingerprint density at radius 1 is 1.57 bits per heavy atom. The van der Waals surface area contributed by atoms with Crippen molar-refractivity contribution in [1.29, 1.82) is 0 Å². The number of aliphatic hydroxyl groups is 1. The summed E-state index contributed by atoms with van der Waals surface area (Å²) >= 11 is 0. The van der Waals surface area contributed by atoms with Gasteiger partial charge in [-0.25, -0.2) is 0 Å². The van der Waals surface area contributed by atoms with Gasteiger partial charge in [-0.2, -0.15) is 5.10 Å². The quantitative estimate of drug-likeness (QED) is 0.881. The molecular weight excluding hydrogens is 270 g/mol. The molecule has 0 bridgehead atoms. The van der Waals surface area contributed by atoms with Crippen molar-refractivity contribution in [3.63, 3.8) is 0 Å². The average molecular weight is 295 g/mol. The molecule has 1 atom stereocenters. The van der Waals surface area contributed by atoms with Crippen molar-refractivity contribution in [2.24, 2.45) is 5.92 Å². The number of carbonyl (C=O) groups is 1. The lowest BCUT2D eigenvalue weighted by Crippen LogP contribution is -2.51. The summed E-state index contributed by atoms with van der Waals surface area (Å²) in [6.07, 6.45) is 3.17. The van der Waals surface area contributed by atoms with Crippen LogP contribution in [0.5, 0.6) is 0 Å². The van der Waals surface area contributed by atoms with E-state index < -0.39 is 5.60 Å². The Morgan fingerprint density at radius 3 is 2.86 bits per heavy atom. The van der Waals surface area contributed by atoms with Gasteiger partial charge in [0, 0.05) is 38.9 Å². The van der Waals surface area contributed by atoms with Crippen molar-refractivity contribution in [2.75, 3.05) is 20.3 Å². The summed E-state index contributed by atoms with van der Waals surface area (Å²) in [5.74, 6) is -0.282. The first-order valence-corrected chi connectivity index (χ1v) is 7.53. The topological polar surface area (TPSA) is 67.6 Å². The number of hydrogen-bond donors (Lipinski definition) is 1. The molecule has 6 heteroatoms. The lowest BCUT2D eigenvalue weighted by molar-refractivity contribution is -0.158. The molecule has 0 aliphatic carbocycles. The Kier molecular flexibility index (Phi) is 5.00. The number of ether oxygens (including phenoxy) is 1. The van der Waals surface area contributed by atoms with Crippen LogP contribution in [0.25, 0.3) is 0 Å². The van der Waals surface area contributed by atoms with E-state index >= 15 is 0 Å². The van der Waals surface area contributed by atoms with Crippen LogP contribution in [0.4, 0.5) is 0 Å². The molecule has 1 fully saturated rings. The Bertz CT molecular complexity index is 478. The van der Waals surface area contributed by atoms with Gasteiger partial charge in [0.25, 0.3) is 5.91 Å². The second kappa shape index (κ2) is 6.58. The number of likely N-dealkylation sites (N-methyl/N-ethyl adjacent to an activating group) is 1. The van der Waals surface area contributed by atoms with Crippen LogP contribution in [-0.4, -0.2) is 51.6 Å². The van der Waals surface area contributed by atoms with Gasteiger partial charge in [0.2, 0.25) is 0 Å². The molecule has 118 valence electrons. The molecule has 2 rings (SSSR count). The van der Waals surface area contributed by atoms with Crippen molar-refractivity contribution in [3.05, 3.63) is 18.0 Å². The van der Waals surface area contributed by atoms with Crippen molar-refractivity contribution >= 4 is 5.91 Å². The van der Waals surface area contributed by atoms with Crippen LogP contribution in [0.3, 0.4) is 0 Å². The van der Waals surface area contributed by atoms with E-state index in [-0.39, 0.29) is 11.8 Å². The Labute approximate surface area is 125 Å². The molecule has 0 radical (unpaired) electrons. The zero-order valence-corrected chi connectivity index (χ0v) is 13.1. The van der Waals surface area contributed by atoms with Crippen LogP contribution in [0.2, 0.25) is 0 Å². The average Bonchev–Trinajstić information content (AvgIpc) is 2.94. The van der Waals surface area contributed by atoms with Crippen molar-refractivity contribution in [1.82, 2.24) is 14.7 Å². The summed E-state index contributed by atoms with van der Waals surface area (Å²) in [7, 11) is 1.73. The number of hydrogen-bond acceptors (Lipinski definition) is 4. The fourth-order valence-corrected chi connectivity index (χ4v) is 2.91. The molecule has 0 aromatic carbocycles. The smallest absolute Gasteiger partial charge is 0.254 e. The molecular formula is C15H25N3O3. The number of nitrogens with zero attached hydrogens (tertiary/aromatic N) is 3. The van der Waals surface area contributed by atoms with Crippen LogP contribution in [0.15, 0.2) is 12.3 Å². The monoisotopic (exact) mass is 295 g/mol. The van der Waals surface area contributed by atoms with Gasteiger partial charge in [-0.3, -0.25) is 9.48 Å². The van der Waals surface area contributed by atoms with Gasteiger partial charge in [0.05, 0.1) is 12.2 Å². The maximum Gasteiger partial charge on any atom is 0.254 e. The molecule has 1 aromatic rings. The highest BCUT2D eigenvalue weighted by atomic mass is 16.5. The first kappa shape index (κ1) is 16.0. The first-order valence-electron chi connectivity index (χ1n) is 7.53. The number of amides is 1. The van der Waals surface area contributed by atoms with Gasteiger partial charge in [0.1, 0.15) is 5.60 Å². The van der Waals surface area contributed by atoms with Gasteiger partial charge >= 0.3 is 0 Å². The maximum atomic E-state index is 12.6. The summed E-state index contributed by atoms with van der Waals surface area (Å²) < 4.78 is 7.16. The van der Waals surface area contributed by atoms with E-state index in [0.717, 1.165) is 25.1 Å². The number of aromatic nitrogens is 2. The van der Waals surface area contributed by atoms with Gasteiger partial charge in [-0.05, 0) is 32.8 Å². The molecule has 21 heavy (non-hydrogen) atoms. The summed E-state index contributed by atoms with van der Waals surface area (Å²) in [5.41, 5.74) is -0.369. The minimum atomic E-state index is -1.34. The molecule has 1 aromatic heterocycles. The molecule has 1 aliphatic rings. The molecule has 1 saturated heterocycles. The van der Waals surface area contributed by atoms with Gasteiger partial charge in [-0.15, -0.1) is 0 Å². The van der Waals surface area contributed by atoms with Crippen molar-refractivity contribution < 1.29 is 14.6 Å². The molecule has 2 heterocycles. The third kappa shape index (κ3) is 3.44. The molecule has 0 saturated carbocycles. The second-order valence-electron chi connectivity index (χ2n) is 5.83. The van der Waals surface area contributed by atoms with E-state index in [0.29, 0.717) is 19.8 Å². The zero-order chi connectivity index (χ0) is 15.5. The Balaban J connectivity index is 2.03. The zero-order valence-electron chi connectivity index (χ0n) is 13.1. The van der Waals surface area contributed by atoms with Crippen molar-refractivity contribution in [2.45, 2.75) is 45.4 Å². The van der Waals surface area contributed by atoms with Crippen LogP contribution >= 0.6 is 0 Å². The largest absolute Gasteiger partial charge is 0.381 e. The second-order valence-corrected chi connectivity index (χ2v) is 5.83. The van der Waals surface area contributed by atoms with E-state index in [9.17, 15) is 9.90 Å². The summed E-state index contributed by atoms with van der Waals surface area (Å²) in [6.45, 7) is 6.07. The summed E-state index contributed by atoms with van der Waals surface area (Å²) in [4.78, 5) is 14.2. The van der Waals surface area contributed by atoms with Gasteiger partial charge in [0.15, 0.2) is 0 Å². The van der Waals surface area contributed by atoms with Crippen LogP contribution in [0.1, 0.15) is 32.4 Å². The van der Waals surface area contributed by atoms with E-state index in [1.165, 1.54) is 0 Å². The Morgan fingerprint density at radius 2 is 2.24 bits per heavy atom. The standard InChI is InChI=1S/C15H25N3O3/c1-4-18-13(5-8-16-18)11-17(3)14(19)15(2,20)12-6-9-21-10-7-12/h5,8,12,20H,4,6-7,9-11H2,1-3H3.